The van der Waals surface area contributed by atoms with E-state index in [0.29, 0.717) is 10.7 Å². The van der Waals surface area contributed by atoms with Gasteiger partial charge in [0, 0.05) is 24.7 Å². The van der Waals surface area contributed by atoms with Crippen LogP contribution in [0, 0.1) is 10.1 Å². The number of nitrogens with one attached hydrogen (secondary N) is 2. The minimum Gasteiger partial charge on any atom is -0.422 e. The number of rotatable bonds is 5. The number of non-ortho nitro benzene ring substituents is 1. The van der Waals surface area contributed by atoms with E-state index in [1.165, 1.54) is 30.5 Å². The summed E-state index contributed by atoms with van der Waals surface area (Å²) in [6, 6.07) is 16.4. The zero-order chi connectivity index (χ0) is 20.8. The summed E-state index contributed by atoms with van der Waals surface area (Å²) in [6.45, 7) is 0. The largest absolute Gasteiger partial charge is 0.422 e. The Morgan fingerprint density at radius 1 is 1.17 bits per heavy atom. The van der Waals surface area contributed by atoms with Crippen LogP contribution in [0.2, 0.25) is 0 Å². The van der Waals surface area contributed by atoms with Gasteiger partial charge in [-0.25, -0.2) is 4.79 Å². The predicted molar refractivity (Wildman–Crippen MR) is 114 cm³/mol. The second-order valence-corrected chi connectivity index (χ2v) is 6.25. The standard InChI is InChI=1S/C20H16N4O4S/c1-21-20(29)23-22-12-17-16-8-3-2-5-13(16)9-10-18(17)28-19(25)14-6-4-7-15(11-14)24(26)27/h2-12H,1H3,(H2,21,23,29)/b22-12-. The topological polar surface area (TPSA) is 106 Å². The number of esters is 1. The summed E-state index contributed by atoms with van der Waals surface area (Å²) in [5.74, 6) is -0.446. The molecule has 0 radical (unpaired) electrons. The molecule has 9 heteroatoms. The number of benzene rings is 3. The van der Waals surface area contributed by atoms with E-state index in [9.17, 15) is 14.9 Å². The molecule has 0 aliphatic carbocycles. The molecule has 0 spiro atoms. The Hall–Kier alpha value is -3.85. The van der Waals surface area contributed by atoms with Crippen LogP contribution in [0.3, 0.4) is 0 Å². The predicted octanol–water partition coefficient (Wildman–Crippen LogP) is 3.40. The first-order valence-corrected chi connectivity index (χ1v) is 8.89. The van der Waals surface area contributed by atoms with Gasteiger partial charge in [0.1, 0.15) is 5.75 Å². The molecule has 0 aliphatic rings. The second kappa shape index (κ2) is 8.89. The van der Waals surface area contributed by atoms with Crippen LogP contribution in [-0.2, 0) is 0 Å². The Balaban J connectivity index is 1.97. The lowest BCUT2D eigenvalue weighted by atomic mass is 10.0. The van der Waals surface area contributed by atoms with Gasteiger partial charge < -0.3 is 10.1 Å². The monoisotopic (exact) mass is 408 g/mol. The number of hydrogen-bond donors (Lipinski definition) is 2. The van der Waals surface area contributed by atoms with Gasteiger partial charge in [-0.2, -0.15) is 5.10 Å². The molecule has 0 atom stereocenters. The fraction of sp³-hybridized carbons (Fsp3) is 0.0500. The van der Waals surface area contributed by atoms with Crippen molar-refractivity contribution in [2.45, 2.75) is 0 Å². The van der Waals surface area contributed by atoms with E-state index in [0.717, 1.165) is 10.8 Å². The summed E-state index contributed by atoms with van der Waals surface area (Å²) in [7, 11) is 1.66. The summed E-state index contributed by atoms with van der Waals surface area (Å²) in [5, 5.41) is 19.8. The number of fused-ring (bicyclic) bond motifs is 1. The number of carbonyl (C=O) groups excluding carboxylic acids is 1. The Morgan fingerprint density at radius 2 is 1.97 bits per heavy atom. The lowest BCUT2D eigenvalue weighted by Gasteiger charge is -2.10. The van der Waals surface area contributed by atoms with E-state index >= 15 is 0 Å². The van der Waals surface area contributed by atoms with Crippen molar-refractivity contribution in [1.29, 1.82) is 0 Å². The van der Waals surface area contributed by atoms with E-state index < -0.39 is 10.9 Å². The molecule has 0 unspecified atom stereocenters. The van der Waals surface area contributed by atoms with E-state index in [2.05, 4.69) is 15.8 Å². The summed E-state index contributed by atoms with van der Waals surface area (Å²) in [6.07, 6.45) is 1.50. The number of hydrogen-bond acceptors (Lipinski definition) is 6. The van der Waals surface area contributed by atoms with Crippen LogP contribution >= 0.6 is 12.2 Å². The van der Waals surface area contributed by atoms with E-state index in [4.69, 9.17) is 17.0 Å². The van der Waals surface area contributed by atoms with Gasteiger partial charge in [0.25, 0.3) is 5.69 Å². The van der Waals surface area contributed by atoms with Gasteiger partial charge in [-0.05, 0) is 35.1 Å². The van der Waals surface area contributed by atoms with Gasteiger partial charge >= 0.3 is 5.97 Å². The van der Waals surface area contributed by atoms with Crippen molar-refractivity contribution < 1.29 is 14.5 Å². The van der Waals surface area contributed by atoms with Crippen LogP contribution in [0.4, 0.5) is 5.69 Å². The van der Waals surface area contributed by atoms with Crippen molar-refractivity contribution in [3.05, 3.63) is 81.9 Å². The van der Waals surface area contributed by atoms with Gasteiger partial charge in [-0.15, -0.1) is 0 Å². The molecular formula is C20H16N4O4S. The van der Waals surface area contributed by atoms with Crippen LogP contribution < -0.4 is 15.5 Å². The maximum absolute atomic E-state index is 12.6. The van der Waals surface area contributed by atoms with E-state index in [-0.39, 0.29) is 17.0 Å². The molecule has 0 heterocycles. The molecule has 0 amide bonds. The quantitative estimate of drug-likeness (QED) is 0.166. The van der Waals surface area contributed by atoms with Crippen LogP contribution in [0.15, 0.2) is 65.8 Å². The average Bonchev–Trinajstić information content (AvgIpc) is 2.74. The number of nitrogens with zero attached hydrogens (tertiary/aromatic N) is 2. The highest BCUT2D eigenvalue weighted by molar-refractivity contribution is 7.80. The molecule has 8 nitrogen and oxygen atoms in total. The van der Waals surface area contributed by atoms with Crippen molar-refractivity contribution in [3.8, 4) is 5.75 Å². The third-order valence-corrected chi connectivity index (χ3v) is 4.31. The number of carbonyl (C=O) groups is 1. The molecule has 0 fully saturated rings. The molecule has 3 rings (SSSR count). The number of nitro groups is 1. The first-order chi connectivity index (χ1) is 14.0. The maximum atomic E-state index is 12.6. The summed E-state index contributed by atoms with van der Waals surface area (Å²) in [5.41, 5.74) is 3.10. The molecule has 2 N–H and O–H groups in total. The molecule has 0 bridgehead atoms. The van der Waals surface area contributed by atoms with Crippen molar-refractivity contribution in [2.24, 2.45) is 5.10 Å². The molecule has 0 saturated carbocycles. The van der Waals surface area contributed by atoms with Gasteiger partial charge in [0.15, 0.2) is 5.11 Å². The lowest BCUT2D eigenvalue weighted by molar-refractivity contribution is -0.384. The van der Waals surface area contributed by atoms with Crippen molar-refractivity contribution in [1.82, 2.24) is 10.7 Å². The highest BCUT2D eigenvalue weighted by Gasteiger charge is 2.16. The normalized spacial score (nSPS) is 10.7. The fourth-order valence-electron chi connectivity index (χ4n) is 2.61. The number of ether oxygens (including phenoxy) is 1. The van der Waals surface area contributed by atoms with Gasteiger partial charge in [0.2, 0.25) is 0 Å². The zero-order valence-electron chi connectivity index (χ0n) is 15.3. The van der Waals surface area contributed by atoms with Crippen molar-refractivity contribution >= 4 is 46.0 Å². The first kappa shape index (κ1) is 19.9. The minimum absolute atomic E-state index is 0.0738. The Kier molecular flexibility index (Phi) is 6.10. The van der Waals surface area contributed by atoms with Gasteiger partial charge in [0.05, 0.1) is 16.7 Å². The fourth-order valence-corrected chi connectivity index (χ4v) is 2.67. The Morgan fingerprint density at radius 3 is 2.72 bits per heavy atom. The Bertz CT molecular complexity index is 1130. The molecule has 29 heavy (non-hydrogen) atoms. The van der Waals surface area contributed by atoms with Crippen molar-refractivity contribution in [2.75, 3.05) is 7.05 Å². The Labute approximate surface area is 171 Å². The summed E-state index contributed by atoms with van der Waals surface area (Å²) in [4.78, 5) is 22.9. The summed E-state index contributed by atoms with van der Waals surface area (Å²) < 4.78 is 5.53. The van der Waals surface area contributed by atoms with Gasteiger partial charge in [-0.3, -0.25) is 15.5 Å². The highest BCUT2D eigenvalue weighted by Crippen LogP contribution is 2.27. The summed E-state index contributed by atoms with van der Waals surface area (Å²) >= 11 is 4.99. The molecule has 3 aromatic carbocycles. The van der Waals surface area contributed by atoms with E-state index in [1.807, 2.05) is 30.3 Å². The third-order valence-electron chi connectivity index (χ3n) is 4.01. The van der Waals surface area contributed by atoms with E-state index in [1.54, 1.807) is 13.1 Å². The van der Waals surface area contributed by atoms with Crippen LogP contribution in [0.1, 0.15) is 15.9 Å². The number of thiocarbonyl (C=S) groups is 1. The molecule has 0 saturated heterocycles. The SMILES string of the molecule is CNC(=S)N/N=C\c1c(OC(=O)c2cccc([N+](=O)[O-])c2)ccc2ccccc12. The lowest BCUT2D eigenvalue weighted by Crippen LogP contribution is -2.28. The smallest absolute Gasteiger partial charge is 0.343 e. The van der Waals surface area contributed by atoms with Crippen LogP contribution in [-0.4, -0.2) is 29.3 Å². The first-order valence-electron chi connectivity index (χ1n) is 8.49. The molecule has 146 valence electrons. The zero-order valence-corrected chi connectivity index (χ0v) is 16.1. The molecular weight excluding hydrogens is 392 g/mol. The molecule has 3 aromatic rings. The molecule has 0 aliphatic heterocycles. The van der Waals surface area contributed by atoms with Crippen LogP contribution in [0.5, 0.6) is 5.75 Å². The van der Waals surface area contributed by atoms with Gasteiger partial charge in [-0.1, -0.05) is 36.4 Å². The molecule has 0 aromatic heterocycles. The van der Waals surface area contributed by atoms with Crippen LogP contribution in [0.25, 0.3) is 10.8 Å². The highest BCUT2D eigenvalue weighted by atomic mass is 32.1. The second-order valence-electron chi connectivity index (χ2n) is 5.84. The number of hydrazone groups is 1. The minimum atomic E-state index is -0.711. The maximum Gasteiger partial charge on any atom is 0.343 e. The number of nitro benzene ring substituents is 1. The third kappa shape index (κ3) is 4.71. The average molecular weight is 408 g/mol. The van der Waals surface area contributed by atoms with Crippen molar-refractivity contribution in [3.63, 3.8) is 0 Å².